The van der Waals surface area contributed by atoms with Gasteiger partial charge in [-0.15, -0.1) is 12.4 Å². The lowest BCUT2D eigenvalue weighted by Gasteiger charge is -2.30. The number of halogens is 3. The molecule has 136 valence electrons. The maximum Gasteiger partial charge on any atom is 0.127 e. The highest BCUT2D eigenvalue weighted by molar-refractivity contribution is 6.30. The predicted octanol–water partition coefficient (Wildman–Crippen LogP) is 5.44. The second-order valence-electron chi connectivity index (χ2n) is 5.97. The highest BCUT2D eigenvalue weighted by Crippen LogP contribution is 2.30. The summed E-state index contributed by atoms with van der Waals surface area (Å²) in [4.78, 5) is 0. The van der Waals surface area contributed by atoms with Crippen molar-refractivity contribution in [1.82, 2.24) is 5.32 Å². The first-order chi connectivity index (χ1) is 12.1. The minimum absolute atomic E-state index is 0. The molecule has 0 aliphatic carbocycles. The fourth-order valence-electron chi connectivity index (χ4n) is 2.84. The van der Waals surface area contributed by atoms with Crippen LogP contribution in [-0.2, 0) is 12.1 Å². The van der Waals surface area contributed by atoms with Gasteiger partial charge in [0.2, 0.25) is 0 Å². The van der Waals surface area contributed by atoms with Crippen LogP contribution in [0.15, 0.2) is 78.9 Å². The zero-order valence-corrected chi connectivity index (χ0v) is 16.4. The van der Waals surface area contributed by atoms with E-state index in [-0.39, 0.29) is 12.4 Å². The number of hydrogen-bond donors (Lipinski definition) is 2. The molecule has 1 unspecified atom stereocenters. The Morgan fingerprint density at radius 1 is 0.769 bits per heavy atom. The van der Waals surface area contributed by atoms with E-state index in [1.807, 2.05) is 66.7 Å². The normalized spacial score (nSPS) is 12.9. The Labute approximate surface area is 170 Å². The number of benzene rings is 3. The highest BCUT2D eigenvalue weighted by Gasteiger charge is 2.31. The number of rotatable bonds is 6. The van der Waals surface area contributed by atoms with Gasteiger partial charge >= 0.3 is 0 Å². The monoisotopic (exact) mass is 407 g/mol. The van der Waals surface area contributed by atoms with Crippen LogP contribution in [0.25, 0.3) is 0 Å². The summed E-state index contributed by atoms with van der Waals surface area (Å²) in [5, 5.41) is 16.1. The Bertz CT molecular complexity index is 824. The van der Waals surface area contributed by atoms with E-state index < -0.39 is 5.60 Å². The molecule has 0 heterocycles. The summed E-state index contributed by atoms with van der Waals surface area (Å²) in [6.45, 7) is 0.981. The second-order valence-corrected chi connectivity index (χ2v) is 6.84. The Balaban J connectivity index is 0.00000243. The van der Waals surface area contributed by atoms with E-state index >= 15 is 0 Å². The Morgan fingerprint density at radius 2 is 1.42 bits per heavy atom. The Kier molecular flexibility index (Phi) is 7.51. The summed E-state index contributed by atoms with van der Waals surface area (Å²) in [7, 11) is 0. The van der Waals surface area contributed by atoms with Gasteiger partial charge in [-0.25, -0.2) is 0 Å². The average Bonchev–Trinajstić information content (AvgIpc) is 2.63. The van der Waals surface area contributed by atoms with Gasteiger partial charge in [-0.05, 0) is 41.0 Å². The van der Waals surface area contributed by atoms with E-state index in [2.05, 4.69) is 5.32 Å². The molecule has 0 aromatic heterocycles. The molecule has 3 aromatic carbocycles. The van der Waals surface area contributed by atoms with Gasteiger partial charge < -0.3 is 10.4 Å². The molecular formula is C21H20Cl3NO. The molecule has 2 nitrogen and oxygen atoms in total. The van der Waals surface area contributed by atoms with E-state index in [0.717, 1.165) is 16.7 Å². The minimum Gasteiger partial charge on any atom is -0.379 e. The van der Waals surface area contributed by atoms with Crippen molar-refractivity contribution in [3.63, 3.8) is 0 Å². The van der Waals surface area contributed by atoms with Crippen LogP contribution in [0.1, 0.15) is 16.7 Å². The third-order valence-corrected chi connectivity index (χ3v) is 4.66. The van der Waals surface area contributed by atoms with E-state index in [0.29, 0.717) is 23.1 Å². The molecule has 5 heteroatoms. The molecule has 0 spiro atoms. The first kappa shape index (κ1) is 20.8. The van der Waals surface area contributed by atoms with Gasteiger partial charge in [0.05, 0.1) is 0 Å². The number of aliphatic hydroxyl groups is 1. The van der Waals surface area contributed by atoms with Crippen molar-refractivity contribution in [1.29, 1.82) is 0 Å². The van der Waals surface area contributed by atoms with Gasteiger partial charge in [-0.2, -0.15) is 0 Å². The van der Waals surface area contributed by atoms with Crippen LogP contribution in [-0.4, -0.2) is 11.7 Å². The van der Waals surface area contributed by atoms with Crippen molar-refractivity contribution in [2.75, 3.05) is 6.54 Å². The van der Waals surface area contributed by atoms with E-state index in [1.54, 1.807) is 12.1 Å². The molecule has 0 bridgehead atoms. The molecule has 26 heavy (non-hydrogen) atoms. The summed E-state index contributed by atoms with van der Waals surface area (Å²) in [6, 6.07) is 24.6. The topological polar surface area (TPSA) is 32.3 Å². The molecule has 0 fully saturated rings. The lowest BCUT2D eigenvalue weighted by molar-refractivity contribution is 0.0796. The molecule has 0 radical (unpaired) electrons. The lowest BCUT2D eigenvalue weighted by atomic mass is 9.86. The molecule has 0 saturated heterocycles. The molecule has 0 amide bonds. The fraction of sp³-hybridized carbons (Fsp3) is 0.143. The van der Waals surface area contributed by atoms with Crippen LogP contribution in [0, 0.1) is 0 Å². The van der Waals surface area contributed by atoms with E-state index in [1.165, 1.54) is 0 Å². The summed E-state index contributed by atoms with van der Waals surface area (Å²) < 4.78 is 0. The number of nitrogens with one attached hydrogen (secondary N) is 1. The predicted molar refractivity (Wildman–Crippen MR) is 111 cm³/mol. The second kappa shape index (κ2) is 9.40. The largest absolute Gasteiger partial charge is 0.379 e. The first-order valence-corrected chi connectivity index (χ1v) is 8.83. The van der Waals surface area contributed by atoms with Crippen molar-refractivity contribution in [2.24, 2.45) is 0 Å². The van der Waals surface area contributed by atoms with Gasteiger partial charge in [-0.3, -0.25) is 0 Å². The molecule has 1 atom stereocenters. The quantitative estimate of drug-likeness (QED) is 0.569. The van der Waals surface area contributed by atoms with Crippen LogP contribution in [0.4, 0.5) is 0 Å². The Morgan fingerprint density at radius 3 is 2.08 bits per heavy atom. The SMILES string of the molecule is Cl.OC(CNCc1cccc(Cl)c1)(c1ccccc1)c1ccc(Cl)cc1. The van der Waals surface area contributed by atoms with Crippen LogP contribution in [0.2, 0.25) is 10.0 Å². The maximum absolute atomic E-state index is 11.4. The zero-order chi connectivity index (χ0) is 17.7. The summed E-state index contributed by atoms with van der Waals surface area (Å²) in [5.41, 5.74) is 1.54. The molecule has 2 N–H and O–H groups in total. The van der Waals surface area contributed by atoms with Gasteiger partial charge in [0, 0.05) is 23.1 Å². The van der Waals surface area contributed by atoms with Crippen LogP contribution < -0.4 is 5.32 Å². The van der Waals surface area contributed by atoms with Gasteiger partial charge in [-0.1, -0.05) is 77.8 Å². The lowest BCUT2D eigenvalue weighted by Crippen LogP contribution is -2.39. The Hall–Kier alpha value is -1.55. The smallest absolute Gasteiger partial charge is 0.127 e. The van der Waals surface area contributed by atoms with Crippen molar-refractivity contribution < 1.29 is 5.11 Å². The van der Waals surface area contributed by atoms with Gasteiger partial charge in [0.15, 0.2) is 0 Å². The third kappa shape index (κ3) is 5.00. The minimum atomic E-state index is -1.15. The van der Waals surface area contributed by atoms with Crippen molar-refractivity contribution >= 4 is 35.6 Å². The molecular weight excluding hydrogens is 389 g/mol. The summed E-state index contributed by atoms with van der Waals surface area (Å²) in [6.07, 6.45) is 0. The van der Waals surface area contributed by atoms with Crippen LogP contribution in [0.5, 0.6) is 0 Å². The molecule has 0 aliphatic rings. The van der Waals surface area contributed by atoms with Crippen LogP contribution in [0.3, 0.4) is 0 Å². The van der Waals surface area contributed by atoms with Crippen molar-refractivity contribution in [3.8, 4) is 0 Å². The maximum atomic E-state index is 11.4. The fourth-order valence-corrected chi connectivity index (χ4v) is 3.18. The zero-order valence-electron chi connectivity index (χ0n) is 14.0. The van der Waals surface area contributed by atoms with Crippen molar-refractivity contribution in [3.05, 3.63) is 106 Å². The van der Waals surface area contributed by atoms with E-state index in [9.17, 15) is 5.11 Å². The third-order valence-electron chi connectivity index (χ3n) is 4.17. The average molecular weight is 409 g/mol. The first-order valence-electron chi connectivity index (χ1n) is 8.07. The molecule has 3 aromatic rings. The molecule has 3 rings (SSSR count). The van der Waals surface area contributed by atoms with Gasteiger partial charge in [0.1, 0.15) is 5.60 Å². The standard InChI is InChI=1S/C21H19Cl2NO.ClH/c22-19-11-9-18(10-12-19)21(25,17-6-2-1-3-7-17)15-24-14-16-5-4-8-20(23)13-16;/h1-13,24-25H,14-15H2;1H. The number of hydrogen-bond acceptors (Lipinski definition) is 2. The highest BCUT2D eigenvalue weighted by atomic mass is 35.5. The van der Waals surface area contributed by atoms with Crippen molar-refractivity contribution in [2.45, 2.75) is 12.1 Å². The molecule has 0 saturated carbocycles. The van der Waals surface area contributed by atoms with Crippen LogP contribution >= 0.6 is 35.6 Å². The summed E-state index contributed by atoms with van der Waals surface area (Å²) in [5.74, 6) is 0. The van der Waals surface area contributed by atoms with Gasteiger partial charge in [0.25, 0.3) is 0 Å². The summed E-state index contributed by atoms with van der Waals surface area (Å²) >= 11 is 12.0. The molecule has 0 aliphatic heterocycles. The van der Waals surface area contributed by atoms with E-state index in [4.69, 9.17) is 23.2 Å².